The number of ketones is 1. The van der Waals surface area contributed by atoms with Crippen molar-refractivity contribution < 1.29 is 14.3 Å². The summed E-state index contributed by atoms with van der Waals surface area (Å²) in [5.74, 6) is 0.632. The minimum atomic E-state index is -0.549. The molecule has 0 saturated heterocycles. The topological polar surface area (TPSA) is 55.4 Å². The molecule has 94 valence electrons. The Morgan fingerprint density at radius 2 is 1.94 bits per heavy atom. The number of rotatable bonds is 5. The van der Waals surface area contributed by atoms with Crippen LogP contribution in [0.15, 0.2) is 0 Å². The van der Waals surface area contributed by atoms with Crippen LogP contribution in [-0.4, -0.2) is 29.3 Å². The maximum atomic E-state index is 11.4. The van der Waals surface area contributed by atoms with Gasteiger partial charge >= 0.3 is 6.09 Å². The van der Waals surface area contributed by atoms with E-state index in [1.165, 1.54) is 6.92 Å². The lowest BCUT2D eigenvalue weighted by atomic mass is 10.1. The molecule has 0 fully saturated rings. The van der Waals surface area contributed by atoms with Crippen LogP contribution in [0.5, 0.6) is 0 Å². The number of ether oxygens (including phenoxy) is 1. The number of alkyl carbamates (subject to hydrolysis) is 1. The molecule has 0 rings (SSSR count). The molecule has 5 heteroatoms. The van der Waals surface area contributed by atoms with Gasteiger partial charge < -0.3 is 10.1 Å². The predicted octanol–water partition coefficient (Wildman–Crippen LogP) is 2.18. The number of carbonyl (C=O) groups excluding carboxylic acids is 2. The predicted molar refractivity (Wildman–Crippen MR) is 66.9 cm³/mol. The van der Waals surface area contributed by atoms with Gasteiger partial charge in [-0.05, 0) is 46.3 Å². The van der Waals surface area contributed by atoms with E-state index in [2.05, 4.69) is 17.9 Å². The highest BCUT2D eigenvalue weighted by molar-refractivity contribution is 7.80. The van der Waals surface area contributed by atoms with Crippen molar-refractivity contribution >= 4 is 24.5 Å². The fourth-order valence-electron chi connectivity index (χ4n) is 1.12. The fourth-order valence-corrected chi connectivity index (χ4v) is 1.30. The SMILES string of the molecule is CC(=O)[C@H](CCCS)NC(=O)OC(C)(C)C. The highest BCUT2D eigenvalue weighted by atomic mass is 32.1. The summed E-state index contributed by atoms with van der Waals surface area (Å²) < 4.78 is 5.08. The maximum Gasteiger partial charge on any atom is 0.408 e. The van der Waals surface area contributed by atoms with E-state index in [1.54, 1.807) is 20.8 Å². The van der Waals surface area contributed by atoms with Gasteiger partial charge in [-0.2, -0.15) is 12.6 Å². The third-order valence-electron chi connectivity index (χ3n) is 1.83. The van der Waals surface area contributed by atoms with Crippen molar-refractivity contribution in [1.29, 1.82) is 0 Å². The van der Waals surface area contributed by atoms with E-state index in [9.17, 15) is 9.59 Å². The van der Waals surface area contributed by atoms with Crippen molar-refractivity contribution in [2.75, 3.05) is 5.75 Å². The van der Waals surface area contributed by atoms with Crippen LogP contribution in [0.4, 0.5) is 4.79 Å². The van der Waals surface area contributed by atoms with Crippen molar-refractivity contribution in [3.05, 3.63) is 0 Å². The summed E-state index contributed by atoms with van der Waals surface area (Å²) >= 11 is 4.07. The quantitative estimate of drug-likeness (QED) is 0.732. The lowest BCUT2D eigenvalue weighted by Gasteiger charge is -2.22. The molecule has 1 atom stereocenters. The molecule has 0 aromatic rings. The fraction of sp³-hybridized carbons (Fsp3) is 0.818. The third-order valence-corrected chi connectivity index (χ3v) is 2.15. The number of hydrogen-bond donors (Lipinski definition) is 2. The second-order valence-corrected chi connectivity index (χ2v) is 5.12. The Labute approximate surface area is 103 Å². The molecule has 0 aromatic heterocycles. The van der Waals surface area contributed by atoms with Gasteiger partial charge in [0.05, 0.1) is 6.04 Å². The highest BCUT2D eigenvalue weighted by Gasteiger charge is 2.21. The van der Waals surface area contributed by atoms with Crippen LogP contribution in [0.2, 0.25) is 0 Å². The summed E-state index contributed by atoms with van der Waals surface area (Å²) in [5, 5.41) is 2.56. The van der Waals surface area contributed by atoms with Crippen LogP contribution in [0.1, 0.15) is 40.5 Å². The van der Waals surface area contributed by atoms with E-state index in [0.29, 0.717) is 12.2 Å². The number of nitrogens with one attached hydrogen (secondary N) is 1. The van der Waals surface area contributed by atoms with Gasteiger partial charge in [0.2, 0.25) is 0 Å². The molecule has 0 bridgehead atoms. The Hall–Kier alpha value is -0.710. The number of carbonyl (C=O) groups is 2. The lowest BCUT2D eigenvalue weighted by molar-refractivity contribution is -0.119. The lowest BCUT2D eigenvalue weighted by Crippen LogP contribution is -2.42. The van der Waals surface area contributed by atoms with E-state index in [0.717, 1.165) is 6.42 Å². The average molecular weight is 247 g/mol. The van der Waals surface area contributed by atoms with Gasteiger partial charge in [0.1, 0.15) is 5.60 Å². The van der Waals surface area contributed by atoms with Gasteiger partial charge in [-0.15, -0.1) is 0 Å². The first-order valence-corrected chi connectivity index (χ1v) is 6.00. The number of Topliss-reactive ketones (excluding diaryl/α,β-unsaturated/α-hetero) is 1. The molecule has 1 N–H and O–H groups in total. The van der Waals surface area contributed by atoms with Crippen LogP contribution in [-0.2, 0) is 9.53 Å². The van der Waals surface area contributed by atoms with Crippen LogP contribution in [0.25, 0.3) is 0 Å². The molecule has 0 spiro atoms. The Morgan fingerprint density at radius 3 is 2.31 bits per heavy atom. The standard InChI is InChI=1S/C11H21NO3S/c1-8(13)9(6-5-7-16)12-10(14)15-11(2,3)4/h9,16H,5-7H2,1-4H3,(H,12,14)/t9-/m0/s1. The molecule has 0 aliphatic heterocycles. The molecule has 0 aromatic carbocycles. The molecule has 0 unspecified atom stereocenters. The molecule has 0 aliphatic carbocycles. The van der Waals surface area contributed by atoms with E-state index in [4.69, 9.17) is 4.74 Å². The van der Waals surface area contributed by atoms with Gasteiger partial charge in [-0.25, -0.2) is 4.79 Å². The van der Waals surface area contributed by atoms with Crippen LogP contribution in [0, 0.1) is 0 Å². The Morgan fingerprint density at radius 1 is 1.38 bits per heavy atom. The van der Waals surface area contributed by atoms with E-state index >= 15 is 0 Å². The smallest absolute Gasteiger partial charge is 0.408 e. The number of hydrogen-bond acceptors (Lipinski definition) is 4. The average Bonchev–Trinajstić information content (AvgIpc) is 2.08. The highest BCUT2D eigenvalue weighted by Crippen LogP contribution is 2.08. The van der Waals surface area contributed by atoms with E-state index in [1.807, 2.05) is 0 Å². The summed E-state index contributed by atoms with van der Waals surface area (Å²) in [6, 6.07) is -0.470. The van der Waals surface area contributed by atoms with Crippen molar-refractivity contribution in [3.8, 4) is 0 Å². The van der Waals surface area contributed by atoms with Gasteiger partial charge in [-0.1, -0.05) is 0 Å². The molecule has 0 aliphatic rings. The number of amides is 1. The van der Waals surface area contributed by atoms with Crippen LogP contribution >= 0.6 is 12.6 Å². The largest absolute Gasteiger partial charge is 0.444 e. The first-order valence-electron chi connectivity index (χ1n) is 5.37. The molecule has 0 radical (unpaired) electrons. The summed E-state index contributed by atoms with van der Waals surface area (Å²) in [4.78, 5) is 22.7. The first-order chi connectivity index (χ1) is 7.26. The van der Waals surface area contributed by atoms with E-state index in [-0.39, 0.29) is 5.78 Å². The van der Waals surface area contributed by atoms with Gasteiger partial charge in [0, 0.05) is 0 Å². The van der Waals surface area contributed by atoms with Gasteiger partial charge in [0.25, 0.3) is 0 Å². The number of thiol groups is 1. The summed E-state index contributed by atoms with van der Waals surface area (Å²) in [6.07, 6.45) is 0.827. The summed E-state index contributed by atoms with van der Waals surface area (Å²) in [5.41, 5.74) is -0.547. The molecule has 0 heterocycles. The molecule has 1 amide bonds. The second kappa shape index (κ2) is 6.78. The van der Waals surface area contributed by atoms with Crippen LogP contribution in [0.3, 0.4) is 0 Å². The molecule has 4 nitrogen and oxygen atoms in total. The van der Waals surface area contributed by atoms with E-state index < -0.39 is 17.7 Å². The zero-order valence-corrected chi connectivity index (χ0v) is 11.3. The van der Waals surface area contributed by atoms with Crippen molar-refractivity contribution in [2.24, 2.45) is 0 Å². The Kier molecular flexibility index (Phi) is 6.48. The zero-order valence-electron chi connectivity index (χ0n) is 10.4. The van der Waals surface area contributed by atoms with Crippen molar-refractivity contribution in [2.45, 2.75) is 52.2 Å². The first kappa shape index (κ1) is 15.3. The monoisotopic (exact) mass is 247 g/mol. The molecular formula is C11H21NO3S. The molecular weight excluding hydrogens is 226 g/mol. The minimum absolute atomic E-state index is 0.0624. The normalized spacial score (nSPS) is 13.1. The van der Waals surface area contributed by atoms with Crippen LogP contribution < -0.4 is 5.32 Å². The minimum Gasteiger partial charge on any atom is -0.444 e. The summed E-state index contributed by atoms with van der Waals surface area (Å²) in [7, 11) is 0. The maximum absolute atomic E-state index is 11.4. The molecule has 16 heavy (non-hydrogen) atoms. The third kappa shape index (κ3) is 7.56. The van der Waals surface area contributed by atoms with Crippen molar-refractivity contribution in [3.63, 3.8) is 0 Å². The Balaban J connectivity index is 4.19. The molecule has 0 saturated carbocycles. The van der Waals surface area contributed by atoms with Gasteiger partial charge in [-0.3, -0.25) is 4.79 Å². The zero-order chi connectivity index (χ0) is 12.8. The van der Waals surface area contributed by atoms with Gasteiger partial charge in [0.15, 0.2) is 5.78 Å². The summed E-state index contributed by atoms with van der Waals surface area (Å²) in [6.45, 7) is 6.80. The van der Waals surface area contributed by atoms with Crippen molar-refractivity contribution in [1.82, 2.24) is 5.32 Å². The Bertz CT molecular complexity index is 248. The second-order valence-electron chi connectivity index (χ2n) is 4.68.